The molecule has 1 amide bonds. The number of anilines is 1. The minimum atomic E-state index is -0.441. The van der Waals surface area contributed by atoms with Crippen LogP contribution < -0.4 is 16.0 Å². The number of rotatable bonds is 5. The summed E-state index contributed by atoms with van der Waals surface area (Å²) in [5.74, 6) is 0.353. The summed E-state index contributed by atoms with van der Waals surface area (Å²) in [6.07, 6.45) is 3.61. The molecule has 1 aromatic rings. The third kappa shape index (κ3) is 3.64. The van der Waals surface area contributed by atoms with E-state index in [1.54, 1.807) is 12.1 Å². The third-order valence-corrected chi connectivity index (χ3v) is 4.29. The van der Waals surface area contributed by atoms with E-state index < -0.39 is 5.91 Å². The Balaban J connectivity index is 1.98. The Kier molecular flexibility index (Phi) is 5.26. The van der Waals surface area contributed by atoms with Gasteiger partial charge in [-0.2, -0.15) is 0 Å². The Morgan fingerprint density at radius 3 is 2.70 bits per heavy atom. The van der Waals surface area contributed by atoms with Gasteiger partial charge in [-0.25, -0.2) is 0 Å². The number of nitrogens with two attached hydrogens (primary N) is 1. The molecule has 1 fully saturated rings. The number of carbonyl (C=O) groups is 1. The van der Waals surface area contributed by atoms with E-state index in [1.807, 2.05) is 13.1 Å². The van der Waals surface area contributed by atoms with Crippen molar-refractivity contribution in [2.24, 2.45) is 11.7 Å². The van der Waals surface area contributed by atoms with Crippen molar-refractivity contribution in [2.45, 2.75) is 19.3 Å². The molecule has 5 heteroatoms. The normalized spacial score (nSPS) is 16.4. The summed E-state index contributed by atoms with van der Waals surface area (Å²) in [6, 6.07) is 5.30. The van der Waals surface area contributed by atoms with Gasteiger partial charge >= 0.3 is 0 Å². The number of benzene rings is 1. The number of carbonyl (C=O) groups excluding carboxylic acids is 1. The first-order chi connectivity index (χ1) is 9.61. The molecule has 20 heavy (non-hydrogen) atoms. The van der Waals surface area contributed by atoms with E-state index in [0.29, 0.717) is 10.6 Å². The fourth-order valence-electron chi connectivity index (χ4n) is 2.73. The lowest BCUT2D eigenvalue weighted by atomic mass is 9.93. The largest absolute Gasteiger partial charge is 0.370 e. The van der Waals surface area contributed by atoms with E-state index in [2.05, 4.69) is 10.2 Å². The Labute approximate surface area is 125 Å². The molecule has 0 saturated carbocycles. The van der Waals surface area contributed by atoms with Crippen molar-refractivity contribution in [3.63, 3.8) is 0 Å². The highest BCUT2D eigenvalue weighted by molar-refractivity contribution is 6.33. The summed E-state index contributed by atoms with van der Waals surface area (Å²) < 4.78 is 0. The number of halogens is 1. The maximum absolute atomic E-state index is 11.1. The van der Waals surface area contributed by atoms with Crippen LogP contribution >= 0.6 is 11.6 Å². The average Bonchev–Trinajstić information content (AvgIpc) is 2.45. The zero-order chi connectivity index (χ0) is 14.5. The Morgan fingerprint density at radius 2 is 2.15 bits per heavy atom. The number of amides is 1. The second-order valence-electron chi connectivity index (χ2n) is 5.35. The van der Waals surface area contributed by atoms with Crippen LogP contribution in [0.4, 0.5) is 5.69 Å². The number of piperidine rings is 1. The summed E-state index contributed by atoms with van der Waals surface area (Å²) >= 11 is 6.27. The van der Waals surface area contributed by atoms with Crippen LogP contribution in [0.5, 0.6) is 0 Å². The fourth-order valence-corrected chi connectivity index (χ4v) is 3.03. The first-order valence-corrected chi connectivity index (χ1v) is 7.48. The van der Waals surface area contributed by atoms with Crippen LogP contribution in [0, 0.1) is 5.92 Å². The molecule has 1 aromatic carbocycles. The van der Waals surface area contributed by atoms with Gasteiger partial charge in [0, 0.05) is 18.7 Å². The highest BCUT2D eigenvalue weighted by atomic mass is 35.5. The summed E-state index contributed by atoms with van der Waals surface area (Å²) in [5.41, 5.74) is 6.72. The molecule has 0 unspecified atom stereocenters. The highest BCUT2D eigenvalue weighted by Gasteiger charge is 2.20. The lowest BCUT2D eigenvalue weighted by molar-refractivity contribution is 0.100. The second kappa shape index (κ2) is 6.95. The maximum Gasteiger partial charge on any atom is 0.248 e. The zero-order valence-corrected chi connectivity index (χ0v) is 12.6. The maximum atomic E-state index is 11.1. The molecule has 0 bridgehead atoms. The van der Waals surface area contributed by atoms with Crippen molar-refractivity contribution in [3.8, 4) is 0 Å². The number of primary amides is 1. The van der Waals surface area contributed by atoms with Crippen molar-refractivity contribution in [1.29, 1.82) is 0 Å². The van der Waals surface area contributed by atoms with Gasteiger partial charge < -0.3 is 16.0 Å². The van der Waals surface area contributed by atoms with Gasteiger partial charge in [-0.1, -0.05) is 11.6 Å². The Bertz CT molecular complexity index is 470. The van der Waals surface area contributed by atoms with Gasteiger partial charge in [0.15, 0.2) is 0 Å². The Hall–Kier alpha value is -1.26. The van der Waals surface area contributed by atoms with Crippen molar-refractivity contribution in [2.75, 3.05) is 31.6 Å². The summed E-state index contributed by atoms with van der Waals surface area (Å²) in [7, 11) is 2.00. The first kappa shape index (κ1) is 15.1. The molecule has 0 aromatic heterocycles. The second-order valence-corrected chi connectivity index (χ2v) is 5.76. The van der Waals surface area contributed by atoms with Crippen molar-refractivity contribution in [1.82, 2.24) is 5.32 Å². The topological polar surface area (TPSA) is 58.4 Å². The quantitative estimate of drug-likeness (QED) is 0.876. The van der Waals surface area contributed by atoms with E-state index >= 15 is 0 Å². The molecule has 1 saturated heterocycles. The lowest BCUT2D eigenvalue weighted by Crippen LogP contribution is -2.34. The highest BCUT2D eigenvalue weighted by Crippen LogP contribution is 2.31. The van der Waals surface area contributed by atoms with Crippen LogP contribution in [0.1, 0.15) is 29.6 Å². The van der Waals surface area contributed by atoms with Crippen LogP contribution in [0.25, 0.3) is 0 Å². The molecule has 0 spiro atoms. The standard InChI is InChI=1S/C15H22ClN3O/c1-18-7-4-11-5-8-19(9-6-11)14-3-2-12(15(17)20)10-13(14)16/h2-3,10-11,18H,4-9H2,1H3,(H2,17,20). The van der Waals surface area contributed by atoms with Crippen LogP contribution in [-0.4, -0.2) is 32.6 Å². The van der Waals surface area contributed by atoms with E-state index in [-0.39, 0.29) is 0 Å². The van der Waals surface area contributed by atoms with Gasteiger partial charge in [0.2, 0.25) is 5.91 Å². The van der Waals surface area contributed by atoms with Crippen molar-refractivity contribution in [3.05, 3.63) is 28.8 Å². The molecule has 0 radical (unpaired) electrons. The van der Waals surface area contributed by atoms with Crippen molar-refractivity contribution >= 4 is 23.2 Å². The number of hydrogen-bond acceptors (Lipinski definition) is 3. The monoisotopic (exact) mass is 295 g/mol. The predicted octanol–water partition coefficient (Wildman–Crippen LogP) is 2.26. The molecule has 1 heterocycles. The van der Waals surface area contributed by atoms with E-state index in [1.165, 1.54) is 19.3 Å². The van der Waals surface area contributed by atoms with Crippen molar-refractivity contribution < 1.29 is 4.79 Å². The first-order valence-electron chi connectivity index (χ1n) is 7.10. The molecule has 110 valence electrons. The molecule has 2 rings (SSSR count). The van der Waals surface area contributed by atoms with Crippen LogP contribution in [0.3, 0.4) is 0 Å². The average molecular weight is 296 g/mol. The van der Waals surface area contributed by atoms with E-state index in [0.717, 1.165) is 31.2 Å². The molecule has 3 N–H and O–H groups in total. The van der Waals surface area contributed by atoms with Crippen LogP contribution in [0.15, 0.2) is 18.2 Å². The van der Waals surface area contributed by atoms with Gasteiger partial charge in [0.25, 0.3) is 0 Å². The minimum absolute atomic E-state index is 0.441. The van der Waals surface area contributed by atoms with Gasteiger partial charge in [-0.3, -0.25) is 4.79 Å². The SMILES string of the molecule is CNCCC1CCN(c2ccc(C(N)=O)cc2Cl)CC1. The molecule has 0 aliphatic carbocycles. The molecule has 1 aliphatic heterocycles. The third-order valence-electron chi connectivity index (χ3n) is 3.99. The minimum Gasteiger partial charge on any atom is -0.370 e. The van der Waals surface area contributed by atoms with Gasteiger partial charge in [-0.05, 0) is 57.0 Å². The molecular weight excluding hydrogens is 274 g/mol. The number of hydrogen-bond donors (Lipinski definition) is 2. The van der Waals surface area contributed by atoms with Gasteiger partial charge in [0.05, 0.1) is 10.7 Å². The molecule has 0 atom stereocenters. The lowest BCUT2D eigenvalue weighted by Gasteiger charge is -2.34. The smallest absolute Gasteiger partial charge is 0.248 e. The van der Waals surface area contributed by atoms with Gasteiger partial charge in [0.1, 0.15) is 0 Å². The van der Waals surface area contributed by atoms with Gasteiger partial charge in [-0.15, -0.1) is 0 Å². The Morgan fingerprint density at radius 1 is 1.45 bits per heavy atom. The van der Waals surface area contributed by atoms with Crippen LogP contribution in [0.2, 0.25) is 5.02 Å². The summed E-state index contributed by atoms with van der Waals surface area (Å²) in [5, 5.41) is 3.81. The summed E-state index contributed by atoms with van der Waals surface area (Å²) in [4.78, 5) is 13.4. The predicted molar refractivity (Wildman–Crippen MR) is 83.5 cm³/mol. The number of nitrogens with one attached hydrogen (secondary N) is 1. The molecule has 4 nitrogen and oxygen atoms in total. The number of nitrogens with zero attached hydrogens (tertiary/aromatic N) is 1. The molecular formula is C15H22ClN3O. The van der Waals surface area contributed by atoms with Crippen LogP contribution in [-0.2, 0) is 0 Å². The fraction of sp³-hybridized carbons (Fsp3) is 0.533. The zero-order valence-electron chi connectivity index (χ0n) is 11.9. The van der Waals surface area contributed by atoms with E-state index in [9.17, 15) is 4.79 Å². The van der Waals surface area contributed by atoms with E-state index in [4.69, 9.17) is 17.3 Å². The summed E-state index contributed by atoms with van der Waals surface area (Å²) in [6.45, 7) is 3.12. The molecule has 1 aliphatic rings.